The lowest BCUT2D eigenvalue weighted by molar-refractivity contribution is -0.120. The largest absolute Gasteiger partial charge is 0.497 e. The molecule has 1 aliphatic rings. The van der Waals surface area contributed by atoms with Crippen molar-refractivity contribution in [3.63, 3.8) is 0 Å². The first-order valence-electron chi connectivity index (χ1n) is 10.4. The van der Waals surface area contributed by atoms with Crippen molar-refractivity contribution in [1.82, 2.24) is 10.2 Å². The summed E-state index contributed by atoms with van der Waals surface area (Å²) in [5.74, 6) is 1.57. The Hall–Kier alpha value is -2.99. The van der Waals surface area contributed by atoms with Crippen LogP contribution in [0.5, 0.6) is 11.5 Å². The molecule has 1 N–H and O–H groups in total. The lowest BCUT2D eigenvalue weighted by atomic mass is 10.0. The van der Waals surface area contributed by atoms with Gasteiger partial charge in [0.15, 0.2) is 0 Å². The van der Waals surface area contributed by atoms with E-state index in [-0.39, 0.29) is 18.4 Å². The Balaban J connectivity index is 1.46. The summed E-state index contributed by atoms with van der Waals surface area (Å²) in [7, 11) is 3.31. The second-order valence-corrected chi connectivity index (χ2v) is 7.60. The topological polar surface area (TPSA) is 63.9 Å². The van der Waals surface area contributed by atoms with Gasteiger partial charge in [-0.25, -0.2) is 0 Å². The fourth-order valence-corrected chi connectivity index (χ4v) is 4.20. The normalized spacial score (nSPS) is 15.3. The monoisotopic (exact) mass is 408 g/mol. The van der Waals surface area contributed by atoms with Crippen LogP contribution in [0.3, 0.4) is 0 Å². The van der Waals surface area contributed by atoms with Gasteiger partial charge in [-0.1, -0.05) is 18.2 Å². The van der Waals surface area contributed by atoms with Crippen molar-refractivity contribution in [1.29, 1.82) is 0 Å². The minimum Gasteiger partial charge on any atom is -0.497 e. The molecule has 1 fully saturated rings. The second-order valence-electron chi connectivity index (χ2n) is 7.60. The highest BCUT2D eigenvalue weighted by molar-refractivity contribution is 5.88. The van der Waals surface area contributed by atoms with Crippen molar-refractivity contribution in [3.8, 4) is 11.5 Å². The van der Waals surface area contributed by atoms with Crippen LogP contribution in [0, 0.1) is 0 Å². The number of carbonyl (C=O) groups is 1. The summed E-state index contributed by atoms with van der Waals surface area (Å²) < 4.78 is 16.4. The van der Waals surface area contributed by atoms with Crippen LogP contribution in [0.1, 0.15) is 30.0 Å². The van der Waals surface area contributed by atoms with Gasteiger partial charge in [0.1, 0.15) is 17.1 Å². The Kier molecular flexibility index (Phi) is 6.23. The van der Waals surface area contributed by atoms with Gasteiger partial charge in [-0.05, 0) is 44.1 Å². The summed E-state index contributed by atoms with van der Waals surface area (Å²) in [6.45, 7) is 2.61. The molecule has 0 spiro atoms. The lowest BCUT2D eigenvalue weighted by Crippen LogP contribution is -2.37. The van der Waals surface area contributed by atoms with Crippen LogP contribution >= 0.6 is 0 Å². The van der Waals surface area contributed by atoms with Crippen LogP contribution in [0.2, 0.25) is 0 Å². The van der Waals surface area contributed by atoms with Crippen LogP contribution in [0.4, 0.5) is 0 Å². The Morgan fingerprint density at radius 2 is 1.93 bits per heavy atom. The first-order chi connectivity index (χ1) is 14.7. The molecule has 6 heteroatoms. The van der Waals surface area contributed by atoms with Gasteiger partial charge >= 0.3 is 0 Å². The van der Waals surface area contributed by atoms with E-state index in [9.17, 15) is 4.79 Å². The second kappa shape index (κ2) is 9.22. The van der Waals surface area contributed by atoms with Crippen molar-refractivity contribution in [2.75, 3.05) is 33.9 Å². The number of nitrogens with zero attached hydrogens (tertiary/aromatic N) is 1. The number of methoxy groups -OCH3 is 2. The minimum atomic E-state index is -0.0207. The van der Waals surface area contributed by atoms with Gasteiger partial charge in [-0.3, -0.25) is 9.69 Å². The predicted octanol–water partition coefficient (Wildman–Crippen LogP) is 3.95. The fraction of sp³-hybridized carbons (Fsp3) is 0.375. The van der Waals surface area contributed by atoms with Crippen molar-refractivity contribution in [2.24, 2.45) is 0 Å². The van der Waals surface area contributed by atoms with E-state index >= 15 is 0 Å². The average molecular weight is 408 g/mol. The number of fused-ring (bicyclic) bond motifs is 1. The lowest BCUT2D eigenvalue weighted by Gasteiger charge is -2.29. The maximum atomic E-state index is 12.8. The first-order valence-corrected chi connectivity index (χ1v) is 10.4. The van der Waals surface area contributed by atoms with Crippen molar-refractivity contribution in [3.05, 3.63) is 59.9 Å². The van der Waals surface area contributed by atoms with E-state index in [4.69, 9.17) is 13.9 Å². The summed E-state index contributed by atoms with van der Waals surface area (Å²) >= 11 is 0. The quantitative estimate of drug-likeness (QED) is 0.612. The van der Waals surface area contributed by atoms with Gasteiger partial charge in [0, 0.05) is 29.1 Å². The maximum absolute atomic E-state index is 12.8. The van der Waals surface area contributed by atoms with Crippen LogP contribution in [-0.4, -0.2) is 44.7 Å². The van der Waals surface area contributed by atoms with Gasteiger partial charge in [-0.15, -0.1) is 0 Å². The molecule has 1 atom stereocenters. The van der Waals surface area contributed by atoms with Crippen LogP contribution in [-0.2, 0) is 11.2 Å². The molecule has 2 heterocycles. The molecular weight excluding hydrogens is 380 g/mol. The number of carbonyl (C=O) groups excluding carboxylic acids is 1. The summed E-state index contributed by atoms with van der Waals surface area (Å²) in [5, 5.41) is 4.07. The third-order valence-electron chi connectivity index (χ3n) is 5.79. The predicted molar refractivity (Wildman–Crippen MR) is 116 cm³/mol. The first kappa shape index (κ1) is 20.3. The molecule has 0 unspecified atom stereocenters. The van der Waals surface area contributed by atoms with E-state index in [1.165, 1.54) is 12.8 Å². The number of nitrogens with one attached hydrogen (secondary N) is 1. The molecule has 2 aromatic carbocycles. The highest BCUT2D eigenvalue weighted by atomic mass is 16.5. The minimum absolute atomic E-state index is 0.0207. The third-order valence-corrected chi connectivity index (χ3v) is 5.79. The van der Waals surface area contributed by atoms with Gasteiger partial charge < -0.3 is 19.2 Å². The van der Waals surface area contributed by atoms with E-state index in [1.54, 1.807) is 20.5 Å². The van der Waals surface area contributed by atoms with Crippen molar-refractivity contribution in [2.45, 2.75) is 25.3 Å². The van der Waals surface area contributed by atoms with Crippen LogP contribution in [0.15, 0.2) is 53.1 Å². The summed E-state index contributed by atoms with van der Waals surface area (Å²) in [6.07, 6.45) is 4.30. The number of rotatable bonds is 8. The summed E-state index contributed by atoms with van der Waals surface area (Å²) in [4.78, 5) is 15.2. The van der Waals surface area contributed by atoms with E-state index in [2.05, 4.69) is 16.3 Å². The fourth-order valence-electron chi connectivity index (χ4n) is 4.20. The molecule has 4 rings (SSSR count). The molecule has 0 saturated carbocycles. The molecule has 0 aliphatic carbocycles. The van der Waals surface area contributed by atoms with Crippen LogP contribution < -0.4 is 14.8 Å². The Morgan fingerprint density at radius 3 is 2.70 bits per heavy atom. The molecule has 30 heavy (non-hydrogen) atoms. The molecule has 1 saturated heterocycles. The molecule has 0 bridgehead atoms. The van der Waals surface area contributed by atoms with E-state index in [0.29, 0.717) is 6.54 Å². The molecule has 1 amide bonds. The highest BCUT2D eigenvalue weighted by Gasteiger charge is 2.26. The Morgan fingerprint density at radius 1 is 1.13 bits per heavy atom. The summed E-state index contributed by atoms with van der Waals surface area (Å²) in [5.41, 5.74) is 2.71. The number of para-hydroxylation sites is 1. The summed E-state index contributed by atoms with van der Waals surface area (Å²) in [6, 6.07) is 13.8. The van der Waals surface area contributed by atoms with E-state index in [1.807, 2.05) is 36.4 Å². The molecule has 1 aromatic heterocycles. The number of ether oxygens (including phenoxy) is 2. The molecule has 0 radical (unpaired) electrons. The average Bonchev–Trinajstić information content (AvgIpc) is 3.44. The molecule has 3 aromatic rings. The highest BCUT2D eigenvalue weighted by Crippen LogP contribution is 2.31. The molecule has 6 nitrogen and oxygen atoms in total. The zero-order chi connectivity index (χ0) is 20.9. The van der Waals surface area contributed by atoms with Gasteiger partial charge in [-0.2, -0.15) is 0 Å². The third kappa shape index (κ3) is 4.28. The number of benzene rings is 2. The zero-order valence-electron chi connectivity index (χ0n) is 17.5. The Labute approximate surface area is 176 Å². The number of amides is 1. The molecule has 1 aliphatic heterocycles. The Bertz CT molecular complexity index is 1010. The van der Waals surface area contributed by atoms with Crippen LogP contribution in [0.25, 0.3) is 11.0 Å². The number of likely N-dealkylation sites (tertiary alicyclic amines) is 1. The zero-order valence-corrected chi connectivity index (χ0v) is 17.5. The number of hydrogen-bond donors (Lipinski definition) is 1. The SMILES string of the molecule is COc1ccc2c(CC(=O)NC[C@@H](c3ccccc3OC)N3CCCC3)coc2c1. The number of furan rings is 1. The smallest absolute Gasteiger partial charge is 0.224 e. The molecule has 158 valence electrons. The van der Waals surface area contributed by atoms with Crippen molar-refractivity contribution < 1.29 is 18.7 Å². The number of hydrogen-bond acceptors (Lipinski definition) is 5. The molecular formula is C24H28N2O4. The standard InChI is InChI=1S/C24H28N2O4/c1-28-18-9-10-19-17(16-30-23(19)14-18)13-24(27)25-15-21(26-11-5-6-12-26)20-7-3-4-8-22(20)29-2/h3-4,7-10,14,16,21H,5-6,11-13,15H2,1-2H3,(H,25,27)/t21-/m0/s1. The van der Waals surface area contributed by atoms with E-state index < -0.39 is 0 Å². The van der Waals surface area contributed by atoms with Gasteiger partial charge in [0.25, 0.3) is 0 Å². The van der Waals surface area contributed by atoms with E-state index in [0.717, 1.165) is 46.7 Å². The van der Waals surface area contributed by atoms with Gasteiger partial charge in [0.05, 0.1) is 32.9 Å². The van der Waals surface area contributed by atoms with Crippen molar-refractivity contribution >= 4 is 16.9 Å². The van der Waals surface area contributed by atoms with Gasteiger partial charge in [0.2, 0.25) is 5.91 Å². The maximum Gasteiger partial charge on any atom is 0.224 e.